The summed E-state index contributed by atoms with van der Waals surface area (Å²) >= 11 is 0. The van der Waals surface area contributed by atoms with Gasteiger partial charge in [0.15, 0.2) is 0 Å². The van der Waals surface area contributed by atoms with Gasteiger partial charge in [-0.3, -0.25) is 0 Å². The van der Waals surface area contributed by atoms with Crippen molar-refractivity contribution in [3.8, 4) is 11.8 Å². The zero-order valence-electron chi connectivity index (χ0n) is 11.3. The first-order valence-electron chi connectivity index (χ1n) is 6.27. The van der Waals surface area contributed by atoms with Gasteiger partial charge in [-0.1, -0.05) is 23.3 Å². The number of rotatable bonds is 2. The van der Waals surface area contributed by atoms with Gasteiger partial charge in [-0.05, 0) is 37.1 Å². The van der Waals surface area contributed by atoms with Crippen molar-refractivity contribution in [1.29, 1.82) is 0 Å². The first kappa shape index (κ1) is 12.3. The van der Waals surface area contributed by atoms with Gasteiger partial charge in [0.1, 0.15) is 11.3 Å². The molecule has 20 heavy (non-hydrogen) atoms. The fraction of sp³-hybridized carbons (Fsp3) is 0.133. The molecule has 0 bridgehead atoms. The van der Waals surface area contributed by atoms with Gasteiger partial charge < -0.3 is 10.5 Å². The van der Waals surface area contributed by atoms with Crippen molar-refractivity contribution >= 4 is 16.7 Å². The van der Waals surface area contributed by atoms with Crippen molar-refractivity contribution in [2.45, 2.75) is 13.8 Å². The highest BCUT2D eigenvalue weighted by Crippen LogP contribution is 2.27. The van der Waals surface area contributed by atoms with E-state index in [0.29, 0.717) is 11.4 Å². The van der Waals surface area contributed by atoms with Crippen molar-refractivity contribution < 1.29 is 4.74 Å². The van der Waals surface area contributed by atoms with Crippen molar-refractivity contribution in [3.05, 3.63) is 47.5 Å². The maximum atomic E-state index is 5.90. The number of hydrogen-bond donors (Lipinski definition) is 1. The Bertz CT molecular complexity index is 786. The summed E-state index contributed by atoms with van der Waals surface area (Å²) in [5.41, 5.74) is 10.1. The summed E-state index contributed by atoms with van der Waals surface area (Å²) in [5, 5.41) is 8.05. The Morgan fingerprint density at radius 1 is 0.950 bits per heavy atom. The quantitative estimate of drug-likeness (QED) is 0.722. The number of aryl methyl sites for hydroxylation is 2. The van der Waals surface area contributed by atoms with Gasteiger partial charge in [0.25, 0.3) is 0 Å². The molecule has 1 aromatic heterocycles. The molecule has 0 amide bonds. The molecule has 0 aliphatic heterocycles. The van der Waals surface area contributed by atoms with Crippen LogP contribution in [0.2, 0.25) is 0 Å². The first-order valence-corrected chi connectivity index (χ1v) is 6.27. The second-order valence-electron chi connectivity index (χ2n) is 4.66. The van der Waals surface area contributed by atoms with Gasteiger partial charge >= 0.3 is 6.01 Å². The van der Waals surface area contributed by atoms with E-state index in [-0.39, 0.29) is 6.01 Å². The number of nitrogens with zero attached hydrogens (tertiary/aromatic N) is 3. The summed E-state index contributed by atoms with van der Waals surface area (Å²) in [5.74, 6) is 0.644. The monoisotopic (exact) mass is 266 g/mol. The third kappa shape index (κ3) is 2.25. The van der Waals surface area contributed by atoms with E-state index < -0.39 is 0 Å². The molecule has 5 heteroatoms. The molecule has 0 unspecified atom stereocenters. The minimum atomic E-state index is 0.218. The number of aromatic nitrogens is 3. The minimum absolute atomic E-state index is 0.218. The Hall–Kier alpha value is -2.69. The lowest BCUT2D eigenvalue weighted by Gasteiger charge is -2.09. The fourth-order valence-corrected chi connectivity index (χ4v) is 1.96. The Kier molecular flexibility index (Phi) is 2.95. The normalized spacial score (nSPS) is 10.7. The van der Waals surface area contributed by atoms with Crippen molar-refractivity contribution in [1.82, 2.24) is 15.2 Å². The lowest BCUT2D eigenvalue weighted by molar-refractivity contribution is 0.434. The Morgan fingerprint density at radius 2 is 1.70 bits per heavy atom. The summed E-state index contributed by atoms with van der Waals surface area (Å²) < 4.78 is 5.69. The highest BCUT2D eigenvalue weighted by atomic mass is 16.5. The summed E-state index contributed by atoms with van der Waals surface area (Å²) in [7, 11) is 0. The van der Waals surface area contributed by atoms with E-state index in [1.807, 2.05) is 44.2 Å². The number of nitrogens with two attached hydrogens (primary N) is 1. The van der Waals surface area contributed by atoms with Gasteiger partial charge in [0, 0.05) is 11.8 Å². The van der Waals surface area contributed by atoms with Crippen LogP contribution in [0.25, 0.3) is 11.0 Å². The topological polar surface area (TPSA) is 73.9 Å². The molecule has 0 saturated carbocycles. The smallest absolute Gasteiger partial charge is 0.341 e. The molecule has 2 N–H and O–H groups in total. The molecular weight excluding hydrogens is 252 g/mol. The van der Waals surface area contributed by atoms with Crippen LogP contribution in [0.3, 0.4) is 0 Å². The molecule has 0 radical (unpaired) electrons. The lowest BCUT2D eigenvalue weighted by Crippen LogP contribution is -1.98. The highest BCUT2D eigenvalue weighted by Gasteiger charge is 2.08. The standard InChI is InChI=1S/C15H14N4O/c1-9-7-10(2)14(8-11(9)16)20-15-17-12-5-3-4-6-13(12)18-19-15/h3-8H,16H2,1-2H3. The second-order valence-corrected chi connectivity index (χ2v) is 4.66. The number of para-hydroxylation sites is 1. The first-order chi connectivity index (χ1) is 9.63. The molecule has 3 rings (SSSR count). The molecule has 1 heterocycles. The number of nitrogen functional groups attached to an aromatic ring is 1. The fourth-order valence-electron chi connectivity index (χ4n) is 1.96. The molecule has 0 saturated heterocycles. The average molecular weight is 266 g/mol. The molecule has 0 aliphatic rings. The van der Waals surface area contributed by atoms with E-state index in [1.165, 1.54) is 0 Å². The molecule has 2 aromatic carbocycles. The predicted octanol–water partition coefficient (Wildman–Crippen LogP) is 3.02. The summed E-state index contributed by atoms with van der Waals surface area (Å²) in [4.78, 5) is 4.33. The minimum Gasteiger partial charge on any atom is -0.423 e. The van der Waals surface area contributed by atoms with E-state index in [9.17, 15) is 0 Å². The average Bonchev–Trinajstić information content (AvgIpc) is 2.44. The van der Waals surface area contributed by atoms with E-state index in [4.69, 9.17) is 10.5 Å². The number of ether oxygens (including phenoxy) is 1. The van der Waals surface area contributed by atoms with Crippen molar-refractivity contribution in [3.63, 3.8) is 0 Å². The van der Waals surface area contributed by atoms with Crippen LogP contribution < -0.4 is 10.5 Å². The van der Waals surface area contributed by atoms with E-state index >= 15 is 0 Å². The van der Waals surface area contributed by atoms with Crippen LogP contribution in [-0.4, -0.2) is 15.2 Å². The maximum Gasteiger partial charge on any atom is 0.341 e. The van der Waals surface area contributed by atoms with Crippen LogP contribution >= 0.6 is 0 Å². The predicted molar refractivity (Wildman–Crippen MR) is 77.7 cm³/mol. The second kappa shape index (κ2) is 4.77. The number of anilines is 1. The summed E-state index contributed by atoms with van der Waals surface area (Å²) in [6.45, 7) is 3.91. The van der Waals surface area contributed by atoms with Gasteiger partial charge in [-0.25, -0.2) is 0 Å². The third-order valence-electron chi connectivity index (χ3n) is 3.11. The van der Waals surface area contributed by atoms with Crippen LogP contribution in [-0.2, 0) is 0 Å². The van der Waals surface area contributed by atoms with E-state index in [0.717, 1.165) is 22.2 Å². The zero-order valence-corrected chi connectivity index (χ0v) is 11.3. The van der Waals surface area contributed by atoms with Gasteiger partial charge in [0.05, 0.1) is 5.52 Å². The van der Waals surface area contributed by atoms with Crippen LogP contribution in [0, 0.1) is 13.8 Å². The van der Waals surface area contributed by atoms with Crippen LogP contribution in [0.4, 0.5) is 5.69 Å². The van der Waals surface area contributed by atoms with Crippen molar-refractivity contribution in [2.24, 2.45) is 0 Å². The maximum absolute atomic E-state index is 5.90. The van der Waals surface area contributed by atoms with Crippen LogP contribution in [0.15, 0.2) is 36.4 Å². The number of benzene rings is 2. The SMILES string of the molecule is Cc1cc(C)c(Oc2nnc3ccccc3n2)cc1N. The van der Waals surface area contributed by atoms with Gasteiger partial charge in [-0.15, -0.1) is 5.10 Å². The molecule has 0 spiro atoms. The van der Waals surface area contributed by atoms with Crippen LogP contribution in [0.1, 0.15) is 11.1 Å². The number of hydrogen-bond acceptors (Lipinski definition) is 5. The van der Waals surface area contributed by atoms with E-state index in [1.54, 1.807) is 6.07 Å². The zero-order chi connectivity index (χ0) is 14.1. The molecule has 0 fully saturated rings. The van der Waals surface area contributed by atoms with Gasteiger partial charge in [0.2, 0.25) is 0 Å². The Morgan fingerprint density at radius 3 is 2.50 bits per heavy atom. The lowest BCUT2D eigenvalue weighted by atomic mass is 10.1. The van der Waals surface area contributed by atoms with Crippen LogP contribution in [0.5, 0.6) is 11.8 Å². The van der Waals surface area contributed by atoms with Gasteiger partial charge in [-0.2, -0.15) is 4.98 Å². The molecule has 0 atom stereocenters. The molecular formula is C15H14N4O. The molecule has 3 aromatic rings. The Balaban J connectivity index is 1.99. The molecule has 100 valence electrons. The Labute approximate surface area is 116 Å². The third-order valence-corrected chi connectivity index (χ3v) is 3.11. The largest absolute Gasteiger partial charge is 0.423 e. The van der Waals surface area contributed by atoms with Crippen molar-refractivity contribution in [2.75, 3.05) is 5.73 Å². The molecule has 5 nitrogen and oxygen atoms in total. The summed E-state index contributed by atoms with van der Waals surface area (Å²) in [6.07, 6.45) is 0. The van der Waals surface area contributed by atoms with E-state index in [2.05, 4.69) is 15.2 Å². The highest BCUT2D eigenvalue weighted by molar-refractivity contribution is 5.73. The number of fused-ring (bicyclic) bond motifs is 1. The summed E-state index contributed by atoms with van der Waals surface area (Å²) in [6, 6.07) is 11.5. The molecule has 0 aliphatic carbocycles.